The number of esters is 2. The molecule has 0 aliphatic heterocycles. The minimum absolute atomic E-state index is 0.154. The zero-order valence-electron chi connectivity index (χ0n) is 16.6. The van der Waals surface area contributed by atoms with Gasteiger partial charge in [0, 0.05) is 11.4 Å². The number of amides is 1. The van der Waals surface area contributed by atoms with Gasteiger partial charge in [-0.3, -0.25) is 10.1 Å². The number of hydrogen-bond donors (Lipinski definition) is 2. The third kappa shape index (κ3) is 5.22. The second kappa shape index (κ2) is 9.54. The first-order valence-corrected chi connectivity index (χ1v) is 8.80. The molecule has 0 saturated heterocycles. The van der Waals surface area contributed by atoms with Crippen LogP contribution in [0, 0.1) is 13.8 Å². The Balaban J connectivity index is 2.05. The van der Waals surface area contributed by atoms with E-state index < -0.39 is 30.4 Å². The lowest BCUT2D eigenvalue weighted by atomic mass is 10.1. The summed E-state index contributed by atoms with van der Waals surface area (Å²) < 4.78 is 14.6. The molecule has 1 aromatic heterocycles. The largest absolute Gasteiger partial charge is 0.465 e. The molecule has 0 unspecified atom stereocenters. The van der Waals surface area contributed by atoms with Crippen LogP contribution in [0.3, 0.4) is 0 Å². The smallest absolute Gasteiger partial charge is 0.411 e. The Hall–Kier alpha value is -3.62. The number of methoxy groups -OCH3 is 1. The Morgan fingerprint density at radius 3 is 2.45 bits per heavy atom. The van der Waals surface area contributed by atoms with E-state index in [-0.39, 0.29) is 23.4 Å². The van der Waals surface area contributed by atoms with Crippen LogP contribution in [-0.4, -0.2) is 49.1 Å². The van der Waals surface area contributed by atoms with Gasteiger partial charge in [0.2, 0.25) is 5.78 Å². The molecule has 0 spiro atoms. The van der Waals surface area contributed by atoms with E-state index in [2.05, 4.69) is 10.3 Å². The highest BCUT2D eigenvalue weighted by atomic mass is 16.5. The molecule has 1 aromatic carbocycles. The van der Waals surface area contributed by atoms with Gasteiger partial charge < -0.3 is 19.2 Å². The van der Waals surface area contributed by atoms with Gasteiger partial charge in [0.25, 0.3) is 0 Å². The zero-order chi connectivity index (χ0) is 21.6. The van der Waals surface area contributed by atoms with Crippen molar-refractivity contribution >= 4 is 29.5 Å². The van der Waals surface area contributed by atoms with Crippen molar-refractivity contribution in [3.8, 4) is 0 Å². The summed E-state index contributed by atoms with van der Waals surface area (Å²) in [6.07, 6.45) is -0.646. The average Bonchev–Trinajstić information content (AvgIpc) is 2.99. The number of rotatable bonds is 7. The molecule has 1 heterocycles. The molecule has 2 aromatic rings. The number of aromatic nitrogens is 1. The molecule has 1 amide bonds. The average molecular weight is 402 g/mol. The first-order chi connectivity index (χ1) is 13.8. The quantitative estimate of drug-likeness (QED) is 0.414. The highest BCUT2D eigenvalue weighted by Gasteiger charge is 2.23. The second-order valence-electron chi connectivity index (χ2n) is 6.04. The molecule has 154 valence electrons. The van der Waals surface area contributed by atoms with Crippen LogP contribution in [0.15, 0.2) is 24.3 Å². The molecule has 2 N–H and O–H groups in total. The number of carbonyl (C=O) groups is 4. The summed E-state index contributed by atoms with van der Waals surface area (Å²) in [6, 6.07) is 6.03. The second-order valence-corrected chi connectivity index (χ2v) is 6.04. The summed E-state index contributed by atoms with van der Waals surface area (Å²) in [5.74, 6) is -1.78. The summed E-state index contributed by atoms with van der Waals surface area (Å²) in [5, 5.41) is 2.48. The lowest BCUT2D eigenvalue weighted by Crippen LogP contribution is -2.16. The Labute approximate surface area is 167 Å². The number of aromatic amines is 1. The molecular weight excluding hydrogens is 380 g/mol. The molecule has 0 atom stereocenters. The van der Waals surface area contributed by atoms with Crippen molar-refractivity contribution in [2.24, 2.45) is 0 Å². The molecule has 0 saturated carbocycles. The number of hydrogen-bond acceptors (Lipinski definition) is 7. The Bertz CT molecular complexity index is 946. The minimum atomic E-state index is -0.736. The van der Waals surface area contributed by atoms with E-state index in [1.54, 1.807) is 32.9 Å². The Morgan fingerprint density at radius 1 is 1.07 bits per heavy atom. The predicted octanol–water partition coefficient (Wildman–Crippen LogP) is 3.03. The monoisotopic (exact) mass is 402 g/mol. The van der Waals surface area contributed by atoms with Gasteiger partial charge in [-0.25, -0.2) is 14.4 Å². The molecule has 0 bridgehead atoms. The zero-order valence-corrected chi connectivity index (χ0v) is 16.6. The summed E-state index contributed by atoms with van der Waals surface area (Å²) in [4.78, 5) is 50.8. The van der Waals surface area contributed by atoms with Crippen molar-refractivity contribution in [3.05, 3.63) is 52.3 Å². The van der Waals surface area contributed by atoms with Gasteiger partial charge in [-0.15, -0.1) is 0 Å². The Kier molecular flexibility index (Phi) is 7.13. The molecule has 29 heavy (non-hydrogen) atoms. The van der Waals surface area contributed by atoms with Gasteiger partial charge in [0.15, 0.2) is 6.61 Å². The molecule has 0 aliphatic rings. The maximum Gasteiger partial charge on any atom is 0.411 e. The van der Waals surface area contributed by atoms with Crippen molar-refractivity contribution in [2.45, 2.75) is 20.8 Å². The van der Waals surface area contributed by atoms with Gasteiger partial charge in [0.05, 0.1) is 30.5 Å². The fraction of sp³-hybridized carbons (Fsp3) is 0.300. The SMILES string of the molecule is CCOC(=O)Nc1cccc(C(=O)OCC(=O)c2[nH]c(C)c(C(=O)OC)c2C)c1. The normalized spacial score (nSPS) is 10.2. The predicted molar refractivity (Wildman–Crippen MR) is 103 cm³/mol. The molecule has 9 heteroatoms. The minimum Gasteiger partial charge on any atom is -0.465 e. The van der Waals surface area contributed by atoms with Gasteiger partial charge in [-0.2, -0.15) is 0 Å². The van der Waals surface area contributed by atoms with Crippen molar-refractivity contribution in [2.75, 3.05) is 25.6 Å². The fourth-order valence-electron chi connectivity index (χ4n) is 2.73. The van der Waals surface area contributed by atoms with Crippen LogP contribution in [0.25, 0.3) is 0 Å². The van der Waals surface area contributed by atoms with Crippen LogP contribution in [-0.2, 0) is 14.2 Å². The fourth-order valence-corrected chi connectivity index (χ4v) is 2.73. The lowest BCUT2D eigenvalue weighted by Gasteiger charge is -2.08. The van der Waals surface area contributed by atoms with Crippen LogP contribution >= 0.6 is 0 Å². The van der Waals surface area contributed by atoms with E-state index >= 15 is 0 Å². The van der Waals surface area contributed by atoms with Gasteiger partial charge in [-0.05, 0) is 44.5 Å². The van der Waals surface area contributed by atoms with Crippen molar-refractivity contribution in [1.29, 1.82) is 0 Å². The highest BCUT2D eigenvalue weighted by molar-refractivity contribution is 6.03. The van der Waals surface area contributed by atoms with Gasteiger partial charge in [-0.1, -0.05) is 6.07 Å². The van der Waals surface area contributed by atoms with Crippen LogP contribution in [0.1, 0.15) is 49.4 Å². The summed E-state index contributed by atoms with van der Waals surface area (Å²) in [7, 11) is 1.25. The lowest BCUT2D eigenvalue weighted by molar-refractivity contribution is 0.0473. The third-order valence-electron chi connectivity index (χ3n) is 4.06. The van der Waals surface area contributed by atoms with Crippen LogP contribution in [0.5, 0.6) is 0 Å². The standard InChI is InChI=1S/C20H22N2O7/c1-5-28-20(26)22-14-8-6-7-13(9-14)18(24)29-10-15(23)17-11(2)16(12(3)21-17)19(25)27-4/h6-9,21H,5,10H2,1-4H3,(H,22,26). The maximum absolute atomic E-state index is 12.4. The summed E-state index contributed by atoms with van der Waals surface area (Å²) in [6.45, 7) is 4.62. The number of ketones is 1. The molecule has 9 nitrogen and oxygen atoms in total. The summed E-state index contributed by atoms with van der Waals surface area (Å²) >= 11 is 0. The van der Waals surface area contributed by atoms with E-state index in [0.29, 0.717) is 16.9 Å². The van der Waals surface area contributed by atoms with E-state index in [4.69, 9.17) is 14.2 Å². The number of carbonyl (C=O) groups excluding carboxylic acids is 4. The van der Waals surface area contributed by atoms with E-state index in [0.717, 1.165) is 0 Å². The van der Waals surface area contributed by atoms with E-state index in [1.807, 2.05) is 0 Å². The molecule has 0 fully saturated rings. The topological polar surface area (TPSA) is 124 Å². The van der Waals surface area contributed by atoms with Crippen LogP contribution in [0.4, 0.5) is 10.5 Å². The van der Waals surface area contributed by atoms with Gasteiger partial charge in [0.1, 0.15) is 0 Å². The summed E-state index contributed by atoms with van der Waals surface area (Å²) in [5.41, 5.74) is 1.87. The van der Waals surface area contributed by atoms with Gasteiger partial charge >= 0.3 is 18.0 Å². The first-order valence-electron chi connectivity index (χ1n) is 8.80. The molecule has 2 rings (SSSR count). The molecule has 0 radical (unpaired) electrons. The van der Waals surface area contributed by atoms with E-state index in [1.165, 1.54) is 19.2 Å². The van der Waals surface area contributed by atoms with Crippen molar-refractivity contribution in [1.82, 2.24) is 4.98 Å². The number of Topliss-reactive ketones (excluding diaryl/α,β-unsaturated/α-hetero) is 1. The highest BCUT2D eigenvalue weighted by Crippen LogP contribution is 2.19. The first kappa shape index (κ1) is 21.7. The van der Waals surface area contributed by atoms with Crippen molar-refractivity contribution < 1.29 is 33.4 Å². The number of nitrogens with one attached hydrogen (secondary N) is 2. The molecular formula is C20H22N2O7. The van der Waals surface area contributed by atoms with Crippen LogP contribution in [0.2, 0.25) is 0 Å². The number of anilines is 1. The number of ether oxygens (including phenoxy) is 3. The maximum atomic E-state index is 12.4. The van der Waals surface area contributed by atoms with Crippen LogP contribution < -0.4 is 5.32 Å². The third-order valence-corrected chi connectivity index (χ3v) is 4.06. The van der Waals surface area contributed by atoms with Crippen molar-refractivity contribution in [3.63, 3.8) is 0 Å². The number of H-pyrrole nitrogens is 1. The Morgan fingerprint density at radius 2 is 1.79 bits per heavy atom. The molecule has 0 aliphatic carbocycles. The number of aryl methyl sites for hydroxylation is 1. The van der Waals surface area contributed by atoms with E-state index in [9.17, 15) is 19.2 Å². The number of benzene rings is 1.